The Hall–Kier alpha value is -6.50. The smallest absolute Gasteiger partial charge is 0.00201 e. The lowest BCUT2D eigenvalue weighted by Crippen LogP contribution is -1.86. The molecule has 0 N–H and O–H groups in total. The fourth-order valence-corrected chi connectivity index (χ4v) is 8.54. The van der Waals surface area contributed by atoms with Gasteiger partial charge in [-0.05, 0) is 140 Å². The van der Waals surface area contributed by atoms with E-state index in [2.05, 4.69) is 182 Å². The minimum atomic E-state index is 1.23. The van der Waals surface area contributed by atoms with Crippen LogP contribution in [0.5, 0.6) is 0 Å². The van der Waals surface area contributed by atoms with Crippen molar-refractivity contribution in [2.24, 2.45) is 0 Å². The van der Waals surface area contributed by atoms with Crippen molar-refractivity contribution in [2.45, 2.75) is 0 Å². The SMILES string of the molecule is c1ccc2c(c1)-c1cccc3c(-c4ccc5ccc(-c6ccc7ccc(-c8cc9ccccc9c9ccccc89)cc7c6)cc5c4)ccc-2c13. The van der Waals surface area contributed by atoms with Crippen molar-refractivity contribution in [1.29, 1.82) is 0 Å². The van der Waals surface area contributed by atoms with Crippen LogP contribution in [0, 0.1) is 0 Å². The van der Waals surface area contributed by atoms with Crippen molar-refractivity contribution >= 4 is 53.9 Å². The highest BCUT2D eigenvalue weighted by atomic mass is 14.2. The number of benzene rings is 10. The van der Waals surface area contributed by atoms with Gasteiger partial charge in [0.25, 0.3) is 0 Å². The molecule has 10 aromatic rings. The third-order valence-electron chi connectivity index (χ3n) is 11.0. The molecule has 0 fully saturated rings. The average Bonchev–Trinajstić information content (AvgIpc) is 3.51. The Kier molecular flexibility index (Phi) is 5.76. The van der Waals surface area contributed by atoms with E-state index >= 15 is 0 Å². The molecule has 0 aliphatic heterocycles. The zero-order valence-electron chi connectivity index (χ0n) is 27.3. The summed E-state index contributed by atoms with van der Waals surface area (Å²) in [4.78, 5) is 0. The molecule has 230 valence electrons. The summed E-state index contributed by atoms with van der Waals surface area (Å²) >= 11 is 0. The van der Waals surface area contributed by atoms with Gasteiger partial charge in [-0.15, -0.1) is 0 Å². The van der Waals surface area contributed by atoms with Crippen molar-refractivity contribution < 1.29 is 0 Å². The van der Waals surface area contributed by atoms with E-state index in [4.69, 9.17) is 0 Å². The van der Waals surface area contributed by atoms with Crippen LogP contribution in [0.2, 0.25) is 0 Å². The van der Waals surface area contributed by atoms with Gasteiger partial charge < -0.3 is 0 Å². The van der Waals surface area contributed by atoms with Gasteiger partial charge in [0.15, 0.2) is 0 Å². The first-order valence-corrected chi connectivity index (χ1v) is 17.4. The van der Waals surface area contributed by atoms with Gasteiger partial charge in [0.05, 0.1) is 0 Å². The summed E-state index contributed by atoms with van der Waals surface area (Å²) in [5.74, 6) is 0. The predicted octanol–water partition coefficient (Wildman–Crippen LogP) is 14.1. The highest BCUT2D eigenvalue weighted by Gasteiger charge is 2.22. The second kappa shape index (κ2) is 10.5. The Morgan fingerprint density at radius 2 is 0.680 bits per heavy atom. The average molecular weight is 631 g/mol. The maximum atomic E-state index is 2.37. The van der Waals surface area contributed by atoms with Crippen LogP contribution in [0.3, 0.4) is 0 Å². The topological polar surface area (TPSA) is 0 Å². The molecule has 0 unspecified atom stereocenters. The molecule has 0 amide bonds. The first-order chi connectivity index (χ1) is 24.8. The Morgan fingerprint density at radius 1 is 0.200 bits per heavy atom. The summed E-state index contributed by atoms with van der Waals surface area (Å²) in [5.41, 5.74) is 12.9. The van der Waals surface area contributed by atoms with Crippen molar-refractivity contribution in [3.8, 4) is 55.6 Å². The van der Waals surface area contributed by atoms with Crippen LogP contribution in [0.4, 0.5) is 0 Å². The zero-order chi connectivity index (χ0) is 32.8. The normalized spacial score (nSPS) is 12.0. The molecule has 11 rings (SSSR count). The van der Waals surface area contributed by atoms with Crippen molar-refractivity contribution in [3.05, 3.63) is 182 Å². The molecule has 0 aromatic heterocycles. The van der Waals surface area contributed by atoms with Crippen molar-refractivity contribution in [1.82, 2.24) is 0 Å². The second-order valence-electron chi connectivity index (χ2n) is 13.7. The van der Waals surface area contributed by atoms with E-state index in [-0.39, 0.29) is 0 Å². The molecular formula is C50H30. The standard InChI is InChI=1S/C50H30/c1-2-9-40-35(8-1)30-49(45-13-6-3-10-42(40)45)37-23-19-32-17-21-34(27-39(32)29-37)33-20-16-31-18-22-36(28-38(31)26-33)41-24-25-48-44-12-5-4-11-43(44)47-15-7-14-46(41)50(47)48/h1-30H. The van der Waals surface area contributed by atoms with Gasteiger partial charge in [0.1, 0.15) is 0 Å². The molecule has 0 radical (unpaired) electrons. The molecule has 1 aliphatic rings. The number of hydrogen-bond donors (Lipinski definition) is 0. The van der Waals surface area contributed by atoms with Gasteiger partial charge in [-0.25, -0.2) is 0 Å². The van der Waals surface area contributed by atoms with E-state index in [0.29, 0.717) is 0 Å². The van der Waals surface area contributed by atoms with Gasteiger partial charge in [0.2, 0.25) is 0 Å². The third kappa shape index (κ3) is 4.06. The van der Waals surface area contributed by atoms with Crippen LogP contribution < -0.4 is 0 Å². The monoisotopic (exact) mass is 630 g/mol. The van der Waals surface area contributed by atoms with Gasteiger partial charge in [0, 0.05) is 0 Å². The van der Waals surface area contributed by atoms with E-state index in [1.54, 1.807) is 0 Å². The number of rotatable bonds is 3. The number of hydrogen-bond acceptors (Lipinski definition) is 0. The first kappa shape index (κ1) is 27.5. The van der Waals surface area contributed by atoms with E-state index in [1.165, 1.54) is 109 Å². The quantitative estimate of drug-likeness (QED) is 0.170. The molecule has 0 saturated carbocycles. The zero-order valence-corrected chi connectivity index (χ0v) is 27.3. The summed E-state index contributed by atoms with van der Waals surface area (Å²) < 4.78 is 0. The highest BCUT2D eigenvalue weighted by Crippen LogP contribution is 2.49. The Morgan fingerprint density at radius 3 is 1.38 bits per heavy atom. The molecule has 0 bridgehead atoms. The molecule has 0 heterocycles. The molecule has 0 saturated heterocycles. The summed E-state index contributed by atoms with van der Waals surface area (Å²) in [7, 11) is 0. The van der Waals surface area contributed by atoms with E-state index in [0.717, 1.165) is 0 Å². The Labute approximate surface area is 290 Å². The molecular weight excluding hydrogens is 601 g/mol. The molecule has 50 heavy (non-hydrogen) atoms. The fraction of sp³-hybridized carbons (Fsp3) is 0. The van der Waals surface area contributed by atoms with Crippen LogP contribution in [-0.2, 0) is 0 Å². The maximum Gasteiger partial charge on any atom is -0.00201 e. The van der Waals surface area contributed by atoms with E-state index < -0.39 is 0 Å². The fourth-order valence-electron chi connectivity index (χ4n) is 8.54. The molecule has 0 nitrogen and oxygen atoms in total. The highest BCUT2D eigenvalue weighted by molar-refractivity contribution is 6.19. The summed E-state index contributed by atoms with van der Waals surface area (Å²) in [6, 6.07) is 67.6. The predicted molar refractivity (Wildman–Crippen MR) is 215 cm³/mol. The first-order valence-electron chi connectivity index (χ1n) is 17.4. The van der Waals surface area contributed by atoms with Crippen LogP contribution in [0.15, 0.2) is 182 Å². The summed E-state index contributed by atoms with van der Waals surface area (Å²) in [5, 5.41) is 12.8. The summed E-state index contributed by atoms with van der Waals surface area (Å²) in [6.45, 7) is 0. The molecule has 0 spiro atoms. The minimum Gasteiger partial charge on any atom is -0.0616 e. The van der Waals surface area contributed by atoms with Crippen molar-refractivity contribution in [3.63, 3.8) is 0 Å². The van der Waals surface area contributed by atoms with Crippen LogP contribution >= 0.6 is 0 Å². The lowest BCUT2D eigenvalue weighted by atomic mass is 9.91. The molecule has 0 atom stereocenters. The van der Waals surface area contributed by atoms with Crippen LogP contribution in [-0.4, -0.2) is 0 Å². The van der Waals surface area contributed by atoms with Crippen LogP contribution in [0.25, 0.3) is 109 Å². The largest absolute Gasteiger partial charge is 0.0616 e. The maximum absolute atomic E-state index is 2.37. The van der Waals surface area contributed by atoms with Gasteiger partial charge in [-0.1, -0.05) is 152 Å². The minimum absolute atomic E-state index is 1.23. The molecule has 10 aromatic carbocycles. The van der Waals surface area contributed by atoms with Crippen molar-refractivity contribution in [2.75, 3.05) is 0 Å². The van der Waals surface area contributed by atoms with Gasteiger partial charge in [-0.2, -0.15) is 0 Å². The Balaban J connectivity index is 1.01. The molecule has 1 aliphatic carbocycles. The third-order valence-corrected chi connectivity index (χ3v) is 11.0. The van der Waals surface area contributed by atoms with Crippen LogP contribution in [0.1, 0.15) is 0 Å². The number of fused-ring (bicyclic) bond motifs is 8. The molecule has 0 heteroatoms. The van der Waals surface area contributed by atoms with Gasteiger partial charge >= 0.3 is 0 Å². The second-order valence-corrected chi connectivity index (χ2v) is 13.7. The summed E-state index contributed by atoms with van der Waals surface area (Å²) in [6.07, 6.45) is 0. The lowest BCUT2D eigenvalue weighted by Gasteiger charge is -2.13. The van der Waals surface area contributed by atoms with E-state index in [9.17, 15) is 0 Å². The Bertz CT molecular complexity index is 3000. The lowest BCUT2D eigenvalue weighted by molar-refractivity contribution is 1.65. The van der Waals surface area contributed by atoms with E-state index in [1.807, 2.05) is 0 Å². The van der Waals surface area contributed by atoms with Gasteiger partial charge in [-0.3, -0.25) is 0 Å².